The van der Waals surface area contributed by atoms with E-state index in [1.54, 1.807) is 12.1 Å². The summed E-state index contributed by atoms with van der Waals surface area (Å²) in [6.07, 6.45) is 0.863. The molecule has 1 N–H and O–H groups in total. The molecule has 0 aliphatic rings. The molecule has 118 valence electrons. The summed E-state index contributed by atoms with van der Waals surface area (Å²) in [6, 6.07) is 5.10. The summed E-state index contributed by atoms with van der Waals surface area (Å²) in [5, 5.41) is 18.6. The minimum Gasteiger partial charge on any atom is -0.382 e. The number of non-ortho nitro benzene ring substituents is 1. The second-order valence-corrected chi connectivity index (χ2v) is 5.78. The van der Waals surface area contributed by atoms with Gasteiger partial charge in [0, 0.05) is 36.6 Å². The third-order valence-corrected chi connectivity index (χ3v) is 3.99. The first-order valence-corrected chi connectivity index (χ1v) is 7.30. The lowest BCUT2D eigenvalue weighted by molar-refractivity contribution is -0.384. The highest BCUT2D eigenvalue weighted by molar-refractivity contribution is 5.56. The lowest BCUT2D eigenvalue weighted by Gasteiger charge is -2.17. The highest BCUT2D eigenvalue weighted by Crippen LogP contribution is 2.23. The van der Waals surface area contributed by atoms with E-state index in [2.05, 4.69) is 24.3 Å². The molecule has 0 amide bonds. The smallest absolute Gasteiger partial charge is 0.269 e. The first-order chi connectivity index (χ1) is 10.3. The number of aryl methyl sites for hydroxylation is 3. The maximum Gasteiger partial charge on any atom is 0.269 e. The van der Waals surface area contributed by atoms with Crippen LogP contribution in [0, 0.1) is 30.9 Å². The number of nitrogens with one attached hydrogen (secondary N) is 1. The number of nitro benzene ring substituents is 1. The summed E-state index contributed by atoms with van der Waals surface area (Å²) in [5.41, 5.74) is 5.40. The summed E-state index contributed by atoms with van der Waals surface area (Å²) in [5.74, 6) is 0. The molecule has 0 aliphatic heterocycles. The predicted octanol–water partition coefficient (Wildman–Crippen LogP) is 3.30. The standard InChI is InChI=1S/C16H22N4O2/c1-10-8-14(20(21)22)6-7-16(10)17-11(2)9-15-12(3)18-19(5)13(15)4/h6-8,11,17H,9H2,1-5H3. The Balaban J connectivity index is 2.12. The number of hydrogen-bond acceptors (Lipinski definition) is 4. The Morgan fingerprint density at radius 2 is 2.05 bits per heavy atom. The molecular formula is C16H22N4O2. The number of hydrogen-bond donors (Lipinski definition) is 1. The van der Waals surface area contributed by atoms with Crippen LogP contribution in [0.2, 0.25) is 0 Å². The third kappa shape index (κ3) is 3.27. The van der Waals surface area contributed by atoms with Crippen LogP contribution in [-0.2, 0) is 13.5 Å². The van der Waals surface area contributed by atoms with Gasteiger partial charge < -0.3 is 5.32 Å². The number of aromatic nitrogens is 2. The van der Waals surface area contributed by atoms with Crippen LogP contribution in [0.5, 0.6) is 0 Å². The molecule has 22 heavy (non-hydrogen) atoms. The number of nitro groups is 1. The SMILES string of the molecule is Cc1cc([N+](=O)[O-])ccc1NC(C)Cc1c(C)nn(C)c1C. The van der Waals surface area contributed by atoms with Crippen molar-refractivity contribution in [2.45, 2.75) is 40.2 Å². The number of benzene rings is 1. The van der Waals surface area contributed by atoms with Crippen molar-refractivity contribution in [2.24, 2.45) is 7.05 Å². The second kappa shape index (κ2) is 6.17. The van der Waals surface area contributed by atoms with Gasteiger partial charge in [-0.15, -0.1) is 0 Å². The summed E-state index contributed by atoms with van der Waals surface area (Å²) >= 11 is 0. The van der Waals surface area contributed by atoms with Crippen molar-refractivity contribution in [1.29, 1.82) is 0 Å². The van der Waals surface area contributed by atoms with Crippen LogP contribution >= 0.6 is 0 Å². The van der Waals surface area contributed by atoms with E-state index in [-0.39, 0.29) is 16.7 Å². The van der Waals surface area contributed by atoms with Crippen LogP contribution in [0.1, 0.15) is 29.4 Å². The summed E-state index contributed by atoms with van der Waals surface area (Å²) in [6.45, 7) is 8.07. The highest BCUT2D eigenvalue weighted by atomic mass is 16.6. The van der Waals surface area contributed by atoms with Crippen LogP contribution in [0.15, 0.2) is 18.2 Å². The average molecular weight is 302 g/mol. The minimum absolute atomic E-state index is 0.120. The number of rotatable bonds is 5. The van der Waals surface area contributed by atoms with E-state index in [1.807, 2.05) is 25.6 Å². The molecule has 1 heterocycles. The zero-order chi connectivity index (χ0) is 16.4. The van der Waals surface area contributed by atoms with E-state index >= 15 is 0 Å². The van der Waals surface area contributed by atoms with Crippen molar-refractivity contribution in [3.8, 4) is 0 Å². The molecular weight excluding hydrogens is 280 g/mol. The largest absolute Gasteiger partial charge is 0.382 e. The van der Waals surface area contributed by atoms with Gasteiger partial charge in [0.05, 0.1) is 10.6 Å². The Bertz CT molecular complexity index is 706. The highest BCUT2D eigenvalue weighted by Gasteiger charge is 2.14. The Morgan fingerprint density at radius 1 is 1.36 bits per heavy atom. The molecule has 0 aliphatic carbocycles. The molecule has 0 spiro atoms. The Hall–Kier alpha value is -2.37. The van der Waals surface area contributed by atoms with Gasteiger partial charge in [-0.25, -0.2) is 0 Å². The van der Waals surface area contributed by atoms with Crippen LogP contribution in [-0.4, -0.2) is 20.7 Å². The van der Waals surface area contributed by atoms with Gasteiger partial charge in [-0.3, -0.25) is 14.8 Å². The van der Waals surface area contributed by atoms with Crippen molar-refractivity contribution in [1.82, 2.24) is 9.78 Å². The van der Waals surface area contributed by atoms with Gasteiger partial charge in [0.1, 0.15) is 0 Å². The third-order valence-electron chi connectivity index (χ3n) is 3.99. The Kier molecular flexibility index (Phi) is 4.49. The molecule has 2 aromatic rings. The fourth-order valence-electron chi connectivity index (χ4n) is 2.66. The van der Waals surface area contributed by atoms with Crippen LogP contribution in [0.25, 0.3) is 0 Å². The lowest BCUT2D eigenvalue weighted by atomic mass is 10.0. The molecule has 6 heteroatoms. The first-order valence-electron chi connectivity index (χ1n) is 7.30. The first kappa shape index (κ1) is 16.0. The van der Waals surface area contributed by atoms with Crippen LogP contribution in [0.4, 0.5) is 11.4 Å². The summed E-state index contributed by atoms with van der Waals surface area (Å²) in [7, 11) is 1.95. The van der Waals surface area contributed by atoms with Crippen LogP contribution in [0.3, 0.4) is 0 Å². The van der Waals surface area contributed by atoms with E-state index in [0.29, 0.717) is 0 Å². The van der Waals surface area contributed by atoms with Crippen molar-refractivity contribution in [3.05, 3.63) is 50.8 Å². The minimum atomic E-state index is -0.372. The monoisotopic (exact) mass is 302 g/mol. The zero-order valence-electron chi connectivity index (χ0n) is 13.7. The summed E-state index contributed by atoms with van der Waals surface area (Å²) in [4.78, 5) is 10.4. The van der Waals surface area contributed by atoms with Gasteiger partial charge in [-0.2, -0.15) is 5.10 Å². The Labute approximate surface area is 130 Å². The van der Waals surface area contributed by atoms with Crippen molar-refractivity contribution >= 4 is 11.4 Å². The molecule has 0 saturated heterocycles. The van der Waals surface area contributed by atoms with Gasteiger partial charge >= 0.3 is 0 Å². The van der Waals surface area contributed by atoms with E-state index in [4.69, 9.17) is 0 Å². The molecule has 0 bridgehead atoms. The molecule has 1 unspecified atom stereocenters. The quantitative estimate of drug-likeness (QED) is 0.679. The Morgan fingerprint density at radius 3 is 2.55 bits per heavy atom. The molecule has 1 atom stereocenters. The molecule has 2 rings (SSSR count). The lowest BCUT2D eigenvalue weighted by Crippen LogP contribution is -2.19. The maximum absolute atomic E-state index is 10.8. The van der Waals surface area contributed by atoms with Gasteiger partial charge in [0.2, 0.25) is 0 Å². The van der Waals surface area contributed by atoms with Crippen LogP contribution < -0.4 is 5.32 Å². The second-order valence-electron chi connectivity index (χ2n) is 5.78. The summed E-state index contributed by atoms with van der Waals surface area (Å²) < 4.78 is 1.90. The van der Waals surface area contributed by atoms with Gasteiger partial charge in [0.25, 0.3) is 5.69 Å². The predicted molar refractivity (Wildman–Crippen MR) is 87.3 cm³/mol. The number of nitrogens with zero attached hydrogens (tertiary/aromatic N) is 3. The molecule has 0 fully saturated rings. The average Bonchev–Trinajstić information content (AvgIpc) is 2.67. The van der Waals surface area contributed by atoms with Gasteiger partial charge in [-0.1, -0.05) is 0 Å². The van der Waals surface area contributed by atoms with E-state index in [1.165, 1.54) is 17.3 Å². The molecule has 1 aromatic heterocycles. The molecule has 0 saturated carbocycles. The fraction of sp³-hybridized carbons (Fsp3) is 0.438. The number of anilines is 1. The van der Waals surface area contributed by atoms with Crippen molar-refractivity contribution in [3.63, 3.8) is 0 Å². The van der Waals surface area contributed by atoms with E-state index < -0.39 is 0 Å². The van der Waals surface area contributed by atoms with E-state index in [0.717, 1.165) is 23.4 Å². The van der Waals surface area contributed by atoms with Gasteiger partial charge in [-0.05, 0) is 51.3 Å². The maximum atomic E-state index is 10.8. The van der Waals surface area contributed by atoms with Gasteiger partial charge in [0.15, 0.2) is 0 Å². The molecule has 1 aromatic carbocycles. The normalized spacial score (nSPS) is 12.2. The molecule has 6 nitrogen and oxygen atoms in total. The molecule has 0 radical (unpaired) electrons. The fourth-order valence-corrected chi connectivity index (χ4v) is 2.66. The zero-order valence-corrected chi connectivity index (χ0v) is 13.7. The topological polar surface area (TPSA) is 73.0 Å². The van der Waals surface area contributed by atoms with E-state index in [9.17, 15) is 10.1 Å². The van der Waals surface area contributed by atoms with Crippen molar-refractivity contribution < 1.29 is 4.92 Å². The van der Waals surface area contributed by atoms with Crippen molar-refractivity contribution in [2.75, 3.05) is 5.32 Å².